The minimum atomic E-state index is -0.450. The van der Waals surface area contributed by atoms with Gasteiger partial charge in [-0.05, 0) is 42.8 Å². The predicted molar refractivity (Wildman–Crippen MR) is 84.9 cm³/mol. The quantitative estimate of drug-likeness (QED) is 0.467. The van der Waals surface area contributed by atoms with Crippen LogP contribution in [0.1, 0.15) is 16.8 Å². The highest BCUT2D eigenvalue weighted by molar-refractivity contribution is 5.94. The molecule has 0 saturated heterocycles. The average Bonchev–Trinajstić information content (AvgIpc) is 2.55. The lowest BCUT2D eigenvalue weighted by atomic mass is 10.2. The molecule has 1 amide bonds. The van der Waals surface area contributed by atoms with Gasteiger partial charge in [-0.25, -0.2) is 4.39 Å². The van der Waals surface area contributed by atoms with Crippen LogP contribution in [0.5, 0.6) is 0 Å². The molecule has 0 aromatic heterocycles. The van der Waals surface area contributed by atoms with E-state index < -0.39 is 4.92 Å². The van der Waals surface area contributed by atoms with Crippen molar-refractivity contribution in [1.82, 2.24) is 5.32 Å². The average molecular weight is 317 g/mol. The second-order valence-corrected chi connectivity index (χ2v) is 4.85. The highest BCUT2D eigenvalue weighted by atomic mass is 19.1. The van der Waals surface area contributed by atoms with Crippen LogP contribution in [0.2, 0.25) is 0 Å². The van der Waals surface area contributed by atoms with Crippen molar-refractivity contribution >= 4 is 17.3 Å². The zero-order valence-corrected chi connectivity index (χ0v) is 12.3. The Morgan fingerprint density at radius 2 is 1.70 bits per heavy atom. The number of nitro benzene ring substituents is 1. The van der Waals surface area contributed by atoms with Crippen LogP contribution in [0.4, 0.5) is 15.8 Å². The second-order valence-electron chi connectivity index (χ2n) is 4.85. The summed E-state index contributed by atoms with van der Waals surface area (Å²) >= 11 is 0. The number of nitro groups is 1. The third kappa shape index (κ3) is 5.06. The number of benzene rings is 2. The summed E-state index contributed by atoms with van der Waals surface area (Å²) in [6.07, 6.45) is 0.684. The molecule has 0 fully saturated rings. The number of hydrogen-bond acceptors (Lipinski definition) is 4. The van der Waals surface area contributed by atoms with E-state index in [0.717, 1.165) is 5.69 Å². The molecule has 0 bridgehead atoms. The molecule has 2 N–H and O–H groups in total. The largest absolute Gasteiger partial charge is 0.385 e. The number of hydrogen-bond donors (Lipinski definition) is 2. The molecule has 2 aromatic rings. The van der Waals surface area contributed by atoms with Crippen molar-refractivity contribution < 1.29 is 14.1 Å². The topological polar surface area (TPSA) is 84.3 Å². The van der Waals surface area contributed by atoms with Crippen molar-refractivity contribution in [1.29, 1.82) is 0 Å². The molecule has 0 aliphatic rings. The van der Waals surface area contributed by atoms with Gasteiger partial charge in [-0.15, -0.1) is 0 Å². The number of nitrogens with one attached hydrogen (secondary N) is 2. The second kappa shape index (κ2) is 7.88. The maximum absolute atomic E-state index is 12.8. The van der Waals surface area contributed by atoms with Gasteiger partial charge in [0.05, 0.1) is 4.92 Å². The molecular weight excluding hydrogens is 301 g/mol. The zero-order valence-electron chi connectivity index (χ0n) is 12.3. The van der Waals surface area contributed by atoms with Crippen molar-refractivity contribution in [2.24, 2.45) is 0 Å². The molecule has 6 nitrogen and oxygen atoms in total. The third-order valence-electron chi connectivity index (χ3n) is 3.15. The van der Waals surface area contributed by atoms with Gasteiger partial charge in [0.2, 0.25) is 0 Å². The maximum Gasteiger partial charge on any atom is 0.269 e. The van der Waals surface area contributed by atoms with Crippen molar-refractivity contribution in [3.8, 4) is 0 Å². The number of nitrogens with zero attached hydrogens (tertiary/aromatic N) is 1. The predicted octanol–water partition coefficient (Wildman–Crippen LogP) is 2.97. The first kappa shape index (κ1) is 16.4. The number of carbonyl (C=O) groups excluding carboxylic acids is 1. The van der Waals surface area contributed by atoms with Crippen molar-refractivity contribution in [2.75, 3.05) is 18.4 Å². The lowest BCUT2D eigenvalue weighted by Crippen LogP contribution is -2.25. The summed E-state index contributed by atoms with van der Waals surface area (Å²) in [5.74, 6) is -0.630. The number of halogens is 1. The zero-order chi connectivity index (χ0) is 16.7. The van der Waals surface area contributed by atoms with E-state index in [1.165, 1.54) is 36.4 Å². The smallest absolute Gasteiger partial charge is 0.269 e. The standard InChI is InChI=1S/C16H16FN3O3/c17-13-4-2-12(3-5-13)16(21)19-11-1-10-18-14-6-8-15(9-7-14)20(22)23/h2-9,18H,1,10-11H2,(H,19,21). The number of carbonyl (C=O) groups is 1. The van der Waals surface area contributed by atoms with Gasteiger partial charge in [0.1, 0.15) is 5.82 Å². The molecule has 0 heterocycles. The number of non-ortho nitro benzene ring substituents is 1. The summed E-state index contributed by atoms with van der Waals surface area (Å²) in [6.45, 7) is 1.08. The van der Waals surface area contributed by atoms with Gasteiger partial charge in [-0.1, -0.05) is 0 Å². The molecule has 0 atom stereocenters. The summed E-state index contributed by atoms with van der Waals surface area (Å²) in [5.41, 5.74) is 1.23. The summed E-state index contributed by atoms with van der Waals surface area (Å²) in [5, 5.41) is 16.4. The first-order valence-corrected chi connectivity index (χ1v) is 7.08. The van der Waals surface area contributed by atoms with Crippen LogP contribution in [-0.4, -0.2) is 23.9 Å². The van der Waals surface area contributed by atoms with Crippen LogP contribution in [0.15, 0.2) is 48.5 Å². The van der Waals surface area contributed by atoms with Crippen LogP contribution in [0, 0.1) is 15.9 Å². The van der Waals surface area contributed by atoms with Crippen molar-refractivity contribution in [2.45, 2.75) is 6.42 Å². The highest BCUT2D eigenvalue weighted by Gasteiger charge is 2.05. The Hall–Kier alpha value is -2.96. The fraction of sp³-hybridized carbons (Fsp3) is 0.188. The van der Waals surface area contributed by atoms with Gasteiger partial charge >= 0.3 is 0 Å². The van der Waals surface area contributed by atoms with Crippen LogP contribution in [-0.2, 0) is 0 Å². The van der Waals surface area contributed by atoms with E-state index in [1.807, 2.05) is 0 Å². The normalized spacial score (nSPS) is 10.1. The van der Waals surface area contributed by atoms with Gasteiger partial charge in [-0.3, -0.25) is 14.9 Å². The van der Waals surface area contributed by atoms with E-state index in [1.54, 1.807) is 12.1 Å². The Morgan fingerprint density at radius 1 is 1.04 bits per heavy atom. The SMILES string of the molecule is O=C(NCCCNc1ccc([N+](=O)[O-])cc1)c1ccc(F)cc1. The van der Waals surface area contributed by atoms with E-state index in [0.29, 0.717) is 25.1 Å². The monoisotopic (exact) mass is 317 g/mol. The molecule has 0 spiro atoms. The highest BCUT2D eigenvalue weighted by Crippen LogP contribution is 2.15. The molecule has 2 rings (SSSR count). The summed E-state index contributed by atoms with van der Waals surface area (Å²) in [7, 11) is 0. The molecular formula is C16H16FN3O3. The number of amides is 1. The molecule has 0 saturated carbocycles. The van der Waals surface area contributed by atoms with Gasteiger partial charge in [0.15, 0.2) is 0 Å². The van der Waals surface area contributed by atoms with E-state index in [2.05, 4.69) is 10.6 Å². The Morgan fingerprint density at radius 3 is 2.30 bits per heavy atom. The van der Waals surface area contributed by atoms with Gasteiger partial charge in [-0.2, -0.15) is 0 Å². The van der Waals surface area contributed by atoms with Crippen LogP contribution in [0.25, 0.3) is 0 Å². The summed E-state index contributed by atoms with van der Waals surface area (Å²) in [6, 6.07) is 11.5. The van der Waals surface area contributed by atoms with E-state index in [9.17, 15) is 19.3 Å². The van der Waals surface area contributed by atoms with E-state index in [-0.39, 0.29) is 17.4 Å². The Kier molecular flexibility index (Phi) is 5.62. The Labute approximate surface area is 132 Å². The molecule has 7 heteroatoms. The van der Waals surface area contributed by atoms with Crippen LogP contribution < -0.4 is 10.6 Å². The molecule has 0 unspecified atom stereocenters. The van der Waals surface area contributed by atoms with E-state index >= 15 is 0 Å². The minimum absolute atomic E-state index is 0.0436. The van der Waals surface area contributed by atoms with Gasteiger partial charge < -0.3 is 10.6 Å². The van der Waals surface area contributed by atoms with E-state index in [4.69, 9.17) is 0 Å². The van der Waals surface area contributed by atoms with Crippen molar-refractivity contribution in [3.63, 3.8) is 0 Å². The minimum Gasteiger partial charge on any atom is -0.385 e. The number of anilines is 1. The maximum atomic E-state index is 12.8. The lowest BCUT2D eigenvalue weighted by molar-refractivity contribution is -0.384. The fourth-order valence-corrected chi connectivity index (χ4v) is 1.93. The van der Waals surface area contributed by atoms with Gasteiger partial charge in [0.25, 0.3) is 11.6 Å². The molecule has 2 aromatic carbocycles. The first-order valence-electron chi connectivity index (χ1n) is 7.08. The number of rotatable bonds is 7. The van der Waals surface area contributed by atoms with Crippen LogP contribution in [0.3, 0.4) is 0 Å². The van der Waals surface area contributed by atoms with Crippen LogP contribution >= 0.6 is 0 Å². The molecule has 120 valence electrons. The molecule has 0 aliphatic carbocycles. The Balaban J connectivity index is 1.68. The lowest BCUT2D eigenvalue weighted by Gasteiger charge is -2.07. The Bertz CT molecular complexity index is 672. The summed E-state index contributed by atoms with van der Waals surface area (Å²) < 4.78 is 12.8. The fourth-order valence-electron chi connectivity index (χ4n) is 1.93. The molecule has 0 radical (unpaired) electrons. The van der Waals surface area contributed by atoms with Crippen molar-refractivity contribution in [3.05, 3.63) is 70.0 Å². The molecule has 23 heavy (non-hydrogen) atoms. The first-order chi connectivity index (χ1) is 11.1. The molecule has 0 aliphatic heterocycles. The van der Waals surface area contributed by atoms with Gasteiger partial charge in [0, 0.05) is 36.5 Å². The third-order valence-corrected chi connectivity index (χ3v) is 3.15. The summed E-state index contributed by atoms with van der Waals surface area (Å²) in [4.78, 5) is 21.9.